The standard InChI is InChI=1S/C13H17N3O/c1-10(13-14-8-9-16(13)2)15-11-4-6-12(17-3)7-5-11/h4-10,15H,1-3H3. The fourth-order valence-corrected chi connectivity index (χ4v) is 1.80. The summed E-state index contributed by atoms with van der Waals surface area (Å²) < 4.78 is 7.14. The number of hydrogen-bond donors (Lipinski definition) is 1. The molecule has 0 aliphatic heterocycles. The fourth-order valence-electron chi connectivity index (χ4n) is 1.80. The van der Waals surface area contributed by atoms with Crippen molar-refractivity contribution in [2.45, 2.75) is 13.0 Å². The van der Waals surface area contributed by atoms with Gasteiger partial charge in [0, 0.05) is 25.1 Å². The molecule has 4 heteroatoms. The van der Waals surface area contributed by atoms with Crippen LogP contribution in [0.3, 0.4) is 0 Å². The van der Waals surface area contributed by atoms with Crippen LogP contribution in [0, 0.1) is 0 Å². The summed E-state index contributed by atoms with van der Waals surface area (Å²) in [6, 6.07) is 8.04. The Hall–Kier alpha value is -1.97. The average molecular weight is 231 g/mol. The van der Waals surface area contributed by atoms with Crippen molar-refractivity contribution in [1.82, 2.24) is 9.55 Å². The van der Waals surface area contributed by atoms with Gasteiger partial charge in [0.05, 0.1) is 13.2 Å². The maximum atomic E-state index is 5.12. The molecule has 0 aliphatic carbocycles. The zero-order valence-corrected chi connectivity index (χ0v) is 10.3. The number of benzene rings is 1. The second kappa shape index (κ2) is 4.91. The van der Waals surface area contributed by atoms with Crippen molar-refractivity contribution in [3.63, 3.8) is 0 Å². The second-order valence-corrected chi connectivity index (χ2v) is 3.99. The number of aryl methyl sites for hydroxylation is 1. The molecule has 1 aromatic carbocycles. The summed E-state index contributed by atoms with van der Waals surface area (Å²) in [5, 5.41) is 3.40. The van der Waals surface area contributed by atoms with Crippen LogP contribution in [0.25, 0.3) is 0 Å². The van der Waals surface area contributed by atoms with E-state index in [4.69, 9.17) is 4.74 Å². The molecule has 1 atom stereocenters. The largest absolute Gasteiger partial charge is 0.497 e. The molecule has 90 valence electrons. The van der Waals surface area contributed by atoms with Crippen LogP contribution in [0.4, 0.5) is 5.69 Å². The molecule has 0 spiro atoms. The first kappa shape index (κ1) is 11.5. The molecule has 0 amide bonds. The number of imidazole rings is 1. The molecule has 0 bridgehead atoms. The minimum atomic E-state index is 0.170. The quantitative estimate of drug-likeness (QED) is 0.879. The lowest BCUT2D eigenvalue weighted by Crippen LogP contribution is -2.11. The van der Waals surface area contributed by atoms with Gasteiger partial charge in [0.2, 0.25) is 0 Å². The number of ether oxygens (including phenoxy) is 1. The second-order valence-electron chi connectivity index (χ2n) is 3.99. The molecule has 1 aromatic heterocycles. The van der Waals surface area contributed by atoms with Crippen LogP contribution in [-0.2, 0) is 7.05 Å². The van der Waals surface area contributed by atoms with Crippen LogP contribution >= 0.6 is 0 Å². The lowest BCUT2D eigenvalue weighted by atomic mass is 10.2. The predicted octanol–water partition coefficient (Wildman–Crippen LogP) is 2.60. The highest BCUT2D eigenvalue weighted by atomic mass is 16.5. The van der Waals surface area contributed by atoms with Gasteiger partial charge in [0.1, 0.15) is 11.6 Å². The van der Waals surface area contributed by atoms with Gasteiger partial charge in [-0.3, -0.25) is 0 Å². The monoisotopic (exact) mass is 231 g/mol. The highest BCUT2D eigenvalue weighted by Crippen LogP contribution is 2.20. The molecular weight excluding hydrogens is 214 g/mol. The lowest BCUT2D eigenvalue weighted by Gasteiger charge is -2.15. The highest BCUT2D eigenvalue weighted by molar-refractivity contribution is 5.47. The van der Waals surface area contributed by atoms with Gasteiger partial charge in [-0.25, -0.2) is 4.98 Å². The van der Waals surface area contributed by atoms with E-state index in [1.54, 1.807) is 7.11 Å². The zero-order chi connectivity index (χ0) is 12.3. The van der Waals surface area contributed by atoms with E-state index < -0.39 is 0 Å². The minimum absolute atomic E-state index is 0.170. The van der Waals surface area contributed by atoms with E-state index >= 15 is 0 Å². The first-order chi connectivity index (χ1) is 8.20. The van der Waals surface area contributed by atoms with Crippen molar-refractivity contribution in [2.75, 3.05) is 12.4 Å². The third-order valence-electron chi connectivity index (χ3n) is 2.72. The number of nitrogens with zero attached hydrogens (tertiary/aromatic N) is 2. The van der Waals surface area contributed by atoms with Crippen LogP contribution in [-0.4, -0.2) is 16.7 Å². The van der Waals surface area contributed by atoms with Crippen molar-refractivity contribution in [1.29, 1.82) is 0 Å². The van der Waals surface area contributed by atoms with Gasteiger partial charge in [0.25, 0.3) is 0 Å². The number of hydrogen-bond acceptors (Lipinski definition) is 3. The molecule has 2 aromatic rings. The van der Waals surface area contributed by atoms with Crippen molar-refractivity contribution < 1.29 is 4.74 Å². The van der Waals surface area contributed by atoms with Crippen LogP contribution < -0.4 is 10.1 Å². The molecule has 0 aliphatic rings. The molecule has 0 saturated carbocycles. The van der Waals surface area contributed by atoms with E-state index in [1.807, 2.05) is 48.3 Å². The van der Waals surface area contributed by atoms with Gasteiger partial charge >= 0.3 is 0 Å². The number of methoxy groups -OCH3 is 1. The van der Waals surface area contributed by atoms with E-state index in [0.717, 1.165) is 17.3 Å². The molecule has 1 unspecified atom stereocenters. The molecule has 17 heavy (non-hydrogen) atoms. The molecule has 0 fully saturated rings. The number of aromatic nitrogens is 2. The molecule has 1 heterocycles. The normalized spacial score (nSPS) is 12.2. The first-order valence-electron chi connectivity index (χ1n) is 5.58. The van der Waals surface area contributed by atoms with Crippen LogP contribution in [0.2, 0.25) is 0 Å². The molecule has 4 nitrogen and oxygen atoms in total. The van der Waals surface area contributed by atoms with Crippen LogP contribution in [0.1, 0.15) is 18.8 Å². The van der Waals surface area contributed by atoms with Crippen molar-refractivity contribution in [3.8, 4) is 5.75 Å². The summed E-state index contributed by atoms with van der Waals surface area (Å²) in [6.07, 6.45) is 3.75. The molecule has 0 radical (unpaired) electrons. The Bertz CT molecular complexity index is 476. The van der Waals surface area contributed by atoms with Gasteiger partial charge in [-0.15, -0.1) is 0 Å². The molecular formula is C13H17N3O. The van der Waals surface area contributed by atoms with E-state index in [-0.39, 0.29) is 6.04 Å². The van der Waals surface area contributed by atoms with Gasteiger partial charge < -0.3 is 14.6 Å². The Morgan fingerprint density at radius 2 is 2.00 bits per heavy atom. The smallest absolute Gasteiger partial charge is 0.130 e. The maximum absolute atomic E-state index is 5.12. The summed E-state index contributed by atoms with van der Waals surface area (Å²) in [5.74, 6) is 1.88. The van der Waals surface area contributed by atoms with Crippen molar-refractivity contribution >= 4 is 5.69 Å². The van der Waals surface area contributed by atoms with Crippen molar-refractivity contribution in [2.24, 2.45) is 7.05 Å². The van der Waals surface area contributed by atoms with E-state index in [9.17, 15) is 0 Å². The maximum Gasteiger partial charge on any atom is 0.130 e. The minimum Gasteiger partial charge on any atom is -0.497 e. The van der Waals surface area contributed by atoms with Crippen LogP contribution in [0.15, 0.2) is 36.7 Å². The Kier molecular flexibility index (Phi) is 3.32. The van der Waals surface area contributed by atoms with E-state index in [1.165, 1.54) is 0 Å². The lowest BCUT2D eigenvalue weighted by molar-refractivity contribution is 0.415. The topological polar surface area (TPSA) is 39.1 Å². The Labute approximate surface area is 101 Å². The van der Waals surface area contributed by atoms with Crippen molar-refractivity contribution in [3.05, 3.63) is 42.5 Å². The summed E-state index contributed by atoms with van der Waals surface area (Å²) in [5.41, 5.74) is 1.06. The Morgan fingerprint density at radius 1 is 1.29 bits per heavy atom. The Balaban J connectivity index is 2.07. The highest BCUT2D eigenvalue weighted by Gasteiger charge is 2.09. The van der Waals surface area contributed by atoms with Crippen LogP contribution in [0.5, 0.6) is 5.75 Å². The third kappa shape index (κ3) is 2.58. The molecule has 2 rings (SSSR count). The average Bonchev–Trinajstić information content (AvgIpc) is 2.76. The van der Waals surface area contributed by atoms with E-state index in [0.29, 0.717) is 0 Å². The number of rotatable bonds is 4. The van der Waals surface area contributed by atoms with E-state index in [2.05, 4.69) is 17.2 Å². The number of nitrogens with one attached hydrogen (secondary N) is 1. The SMILES string of the molecule is COc1ccc(NC(C)c2nccn2C)cc1. The summed E-state index contributed by atoms with van der Waals surface area (Å²) in [4.78, 5) is 4.32. The molecule has 0 saturated heterocycles. The Morgan fingerprint density at radius 3 is 2.53 bits per heavy atom. The fraction of sp³-hybridized carbons (Fsp3) is 0.308. The number of anilines is 1. The summed E-state index contributed by atoms with van der Waals surface area (Å²) in [6.45, 7) is 2.09. The summed E-state index contributed by atoms with van der Waals surface area (Å²) >= 11 is 0. The predicted molar refractivity (Wildman–Crippen MR) is 68.2 cm³/mol. The third-order valence-corrected chi connectivity index (χ3v) is 2.72. The first-order valence-corrected chi connectivity index (χ1v) is 5.58. The van der Waals surface area contributed by atoms with Gasteiger partial charge in [-0.05, 0) is 31.2 Å². The van der Waals surface area contributed by atoms with Gasteiger partial charge in [0.15, 0.2) is 0 Å². The zero-order valence-electron chi connectivity index (χ0n) is 10.3. The van der Waals surface area contributed by atoms with Gasteiger partial charge in [-0.1, -0.05) is 0 Å². The summed E-state index contributed by atoms with van der Waals surface area (Å²) in [7, 11) is 3.66. The van der Waals surface area contributed by atoms with Gasteiger partial charge in [-0.2, -0.15) is 0 Å². The molecule has 1 N–H and O–H groups in total.